The Labute approximate surface area is 249 Å². The number of nitrogens with zero attached hydrogens (tertiary/aromatic N) is 5. The maximum absolute atomic E-state index is 11.4. The molecule has 4 N–H and O–H groups in total. The van der Waals surface area contributed by atoms with Crippen LogP contribution in [0.25, 0.3) is 16.9 Å². The second-order valence-corrected chi connectivity index (χ2v) is 13.9. The number of allylic oxidation sites excluding steroid dienone is 1. The largest absolute Gasteiger partial charge is 0.465 e. The Morgan fingerprint density at radius 3 is 2.43 bits per heavy atom. The van der Waals surface area contributed by atoms with Crippen molar-refractivity contribution in [3.8, 4) is 0 Å². The van der Waals surface area contributed by atoms with Crippen molar-refractivity contribution in [3.05, 3.63) is 25.1 Å². The number of anilines is 2. The van der Waals surface area contributed by atoms with Gasteiger partial charge in [0.25, 0.3) is 0 Å². The molecule has 42 heavy (non-hydrogen) atoms. The van der Waals surface area contributed by atoms with Crippen LogP contribution in [0, 0.1) is 28.6 Å². The molecule has 2 aromatic heterocycles. The molecule has 0 spiro atoms. The standard InChI is InChI=1S/C32H48N8O2/c1-7-24(22-10-8-11-22)34-27-25-28(37-29(36-27)26(33)35-31(41)42)38-30(39-17-9-12-23(39)18-32(4,5)6)40(25)20(3)21-15-13-19(2)14-16-21/h7,19,21-24H,1,3,8-18H2,2,4-6H3,(H2,33,35)(H,41,42)(H,34,36,37)/t19-,21-,23?,24-/m1/s1. The molecule has 10 heteroatoms. The van der Waals surface area contributed by atoms with Crippen molar-refractivity contribution in [3.63, 3.8) is 0 Å². The van der Waals surface area contributed by atoms with Gasteiger partial charge in [0.05, 0.1) is 0 Å². The average molecular weight is 577 g/mol. The first-order chi connectivity index (χ1) is 19.9. The second kappa shape index (κ2) is 12.1. The summed E-state index contributed by atoms with van der Waals surface area (Å²) >= 11 is 0. The molecule has 1 unspecified atom stereocenters. The first-order valence-corrected chi connectivity index (χ1v) is 15.7. The van der Waals surface area contributed by atoms with Gasteiger partial charge in [-0.15, -0.1) is 6.58 Å². The summed E-state index contributed by atoms with van der Waals surface area (Å²) < 4.78 is 2.19. The van der Waals surface area contributed by atoms with Gasteiger partial charge in [0.15, 0.2) is 23.1 Å². The Kier molecular flexibility index (Phi) is 8.62. The molecule has 0 radical (unpaired) electrons. The first kappa shape index (κ1) is 30.0. The fourth-order valence-corrected chi connectivity index (χ4v) is 6.93. The maximum atomic E-state index is 11.4. The number of hydrogen-bond acceptors (Lipinski definition) is 7. The molecule has 1 amide bonds. The third kappa shape index (κ3) is 6.32. The van der Waals surface area contributed by atoms with Gasteiger partial charge in [0.1, 0.15) is 5.52 Å². The van der Waals surface area contributed by atoms with E-state index in [1.54, 1.807) is 0 Å². The molecule has 0 bridgehead atoms. The summed E-state index contributed by atoms with van der Waals surface area (Å²) in [5.41, 5.74) is 2.36. The van der Waals surface area contributed by atoms with E-state index in [4.69, 9.17) is 15.4 Å². The maximum Gasteiger partial charge on any atom is 0.410 e. The van der Waals surface area contributed by atoms with E-state index >= 15 is 0 Å². The number of amides is 1. The molecule has 2 saturated carbocycles. The molecular formula is C32H48N8O2. The molecule has 2 atom stereocenters. The smallest absolute Gasteiger partial charge is 0.410 e. The molecule has 0 aromatic carbocycles. The Morgan fingerprint density at radius 2 is 1.83 bits per heavy atom. The molecular weight excluding hydrogens is 528 g/mol. The van der Waals surface area contributed by atoms with Crippen LogP contribution in [0.2, 0.25) is 0 Å². The van der Waals surface area contributed by atoms with Gasteiger partial charge in [-0.3, -0.25) is 15.3 Å². The lowest BCUT2D eigenvalue weighted by atomic mass is 9.80. The summed E-state index contributed by atoms with van der Waals surface area (Å²) in [4.78, 5) is 28.4. The lowest BCUT2D eigenvalue weighted by molar-refractivity contribution is 0.200. The van der Waals surface area contributed by atoms with Crippen LogP contribution in [-0.4, -0.2) is 55.2 Å². The molecule has 3 fully saturated rings. The van der Waals surface area contributed by atoms with E-state index in [0.717, 1.165) is 74.6 Å². The number of carbonyl (C=O) groups is 1. The van der Waals surface area contributed by atoms with E-state index in [9.17, 15) is 9.90 Å². The molecule has 1 saturated heterocycles. The van der Waals surface area contributed by atoms with Gasteiger partial charge >= 0.3 is 6.09 Å². The summed E-state index contributed by atoms with van der Waals surface area (Å²) in [6.07, 6.45) is 11.8. The third-order valence-corrected chi connectivity index (χ3v) is 9.42. The monoisotopic (exact) mass is 576 g/mol. The molecule has 2 aliphatic carbocycles. The molecule has 10 nitrogen and oxygen atoms in total. The predicted molar refractivity (Wildman–Crippen MR) is 169 cm³/mol. The molecule has 3 aliphatic rings. The quantitative estimate of drug-likeness (QED) is 0.145. The van der Waals surface area contributed by atoms with E-state index in [1.807, 2.05) is 6.08 Å². The number of hydrogen-bond donors (Lipinski definition) is 4. The SMILES string of the molecule is C=C[C@@H](Nc1nc(C(=N)NC(=O)O)nc2nc(N3CCCC3CC(C)(C)C)n(C(=C)[C@H]3CC[C@H](C)CC3)c12)C1CCC1. The van der Waals surface area contributed by atoms with Crippen LogP contribution >= 0.6 is 0 Å². The van der Waals surface area contributed by atoms with E-state index in [-0.39, 0.29) is 23.1 Å². The number of aromatic nitrogens is 4. The number of fused-ring (bicyclic) bond motifs is 1. The highest BCUT2D eigenvalue weighted by Gasteiger charge is 2.36. The summed E-state index contributed by atoms with van der Waals surface area (Å²) in [5.74, 6) is 2.46. The van der Waals surface area contributed by atoms with Gasteiger partial charge in [0.2, 0.25) is 5.95 Å². The number of rotatable bonds is 9. The third-order valence-electron chi connectivity index (χ3n) is 9.42. The molecule has 2 aromatic rings. The second-order valence-electron chi connectivity index (χ2n) is 13.9. The summed E-state index contributed by atoms with van der Waals surface area (Å²) in [6, 6.07) is 0.328. The first-order valence-electron chi connectivity index (χ1n) is 15.7. The summed E-state index contributed by atoms with van der Waals surface area (Å²) in [6.45, 7) is 18.9. The van der Waals surface area contributed by atoms with E-state index in [1.165, 1.54) is 19.3 Å². The Hall–Kier alpha value is -3.43. The van der Waals surface area contributed by atoms with Crippen LogP contribution in [-0.2, 0) is 0 Å². The highest BCUT2D eigenvalue weighted by Crippen LogP contribution is 2.42. The van der Waals surface area contributed by atoms with Gasteiger partial charge in [-0.1, -0.05) is 59.6 Å². The van der Waals surface area contributed by atoms with Crippen molar-refractivity contribution in [1.82, 2.24) is 24.8 Å². The zero-order valence-electron chi connectivity index (χ0n) is 25.7. The zero-order valence-corrected chi connectivity index (χ0v) is 25.7. The lowest BCUT2D eigenvalue weighted by Crippen LogP contribution is -2.35. The Morgan fingerprint density at radius 1 is 1.12 bits per heavy atom. The number of carboxylic acid groups (broad SMARTS) is 1. The van der Waals surface area contributed by atoms with E-state index in [0.29, 0.717) is 29.3 Å². The molecule has 5 rings (SSSR count). The van der Waals surface area contributed by atoms with Crippen LogP contribution in [0.1, 0.15) is 97.7 Å². The van der Waals surface area contributed by atoms with Crippen LogP contribution in [0.15, 0.2) is 19.2 Å². The van der Waals surface area contributed by atoms with Crippen LogP contribution in [0.4, 0.5) is 16.6 Å². The van der Waals surface area contributed by atoms with Crippen molar-refractivity contribution >= 4 is 40.6 Å². The fraction of sp³-hybridized carbons (Fsp3) is 0.656. The van der Waals surface area contributed by atoms with Crippen LogP contribution in [0.5, 0.6) is 0 Å². The van der Waals surface area contributed by atoms with E-state index in [2.05, 4.69) is 65.9 Å². The van der Waals surface area contributed by atoms with Gasteiger partial charge in [0, 0.05) is 24.3 Å². The van der Waals surface area contributed by atoms with Crippen molar-refractivity contribution < 1.29 is 9.90 Å². The van der Waals surface area contributed by atoms with Crippen molar-refractivity contribution in [2.45, 2.75) is 104 Å². The van der Waals surface area contributed by atoms with Gasteiger partial charge in [-0.2, -0.15) is 4.98 Å². The number of amidine groups is 1. The average Bonchev–Trinajstić information content (AvgIpc) is 3.49. The number of imidazole rings is 1. The van der Waals surface area contributed by atoms with Crippen molar-refractivity contribution in [1.29, 1.82) is 5.41 Å². The van der Waals surface area contributed by atoms with Gasteiger partial charge in [-0.05, 0) is 68.1 Å². The van der Waals surface area contributed by atoms with Crippen molar-refractivity contribution in [2.75, 3.05) is 16.8 Å². The number of nitrogens with one attached hydrogen (secondary N) is 3. The molecule has 1 aliphatic heterocycles. The zero-order chi connectivity index (χ0) is 30.2. The fourth-order valence-electron chi connectivity index (χ4n) is 6.93. The van der Waals surface area contributed by atoms with Gasteiger partial charge < -0.3 is 15.3 Å². The predicted octanol–water partition coefficient (Wildman–Crippen LogP) is 6.89. The highest BCUT2D eigenvalue weighted by molar-refractivity contribution is 6.03. The van der Waals surface area contributed by atoms with Gasteiger partial charge in [-0.25, -0.2) is 14.8 Å². The Bertz CT molecular complexity index is 1350. The van der Waals surface area contributed by atoms with E-state index < -0.39 is 6.09 Å². The molecule has 228 valence electrons. The van der Waals surface area contributed by atoms with Crippen molar-refractivity contribution in [2.24, 2.45) is 23.2 Å². The summed E-state index contributed by atoms with van der Waals surface area (Å²) in [7, 11) is 0. The van der Waals surface area contributed by atoms with Crippen LogP contribution in [0.3, 0.4) is 0 Å². The summed E-state index contributed by atoms with van der Waals surface area (Å²) in [5, 5.41) is 23.4. The minimum Gasteiger partial charge on any atom is -0.465 e. The minimum absolute atomic E-state index is 0.00946. The highest BCUT2D eigenvalue weighted by atomic mass is 16.4. The topological polar surface area (TPSA) is 132 Å². The lowest BCUT2D eigenvalue weighted by Gasteiger charge is -2.34. The minimum atomic E-state index is -1.33. The normalized spacial score (nSPS) is 23.8. The van der Waals surface area contributed by atoms with Crippen LogP contribution < -0.4 is 15.5 Å². The molecule has 3 heterocycles. The Balaban J connectivity index is 1.68.